The van der Waals surface area contributed by atoms with Crippen LogP contribution in [-0.2, 0) is 20.7 Å². The van der Waals surface area contributed by atoms with Gasteiger partial charge in [-0.3, -0.25) is 4.79 Å². The third kappa shape index (κ3) is 6.21. The highest BCUT2D eigenvalue weighted by Gasteiger charge is 2.49. The van der Waals surface area contributed by atoms with E-state index in [1.807, 2.05) is 0 Å². The molecule has 1 aromatic heterocycles. The van der Waals surface area contributed by atoms with Crippen molar-refractivity contribution in [3.63, 3.8) is 0 Å². The number of esters is 1. The van der Waals surface area contributed by atoms with Crippen LogP contribution in [0, 0.1) is 6.92 Å². The third-order valence-corrected chi connectivity index (χ3v) is 6.78. The van der Waals surface area contributed by atoms with Crippen LogP contribution in [-0.4, -0.2) is 80.8 Å². The monoisotopic (exact) mass is 572 g/mol. The van der Waals surface area contributed by atoms with Gasteiger partial charge in [0.2, 0.25) is 0 Å². The summed E-state index contributed by atoms with van der Waals surface area (Å²) >= 11 is 0. The van der Waals surface area contributed by atoms with E-state index >= 15 is 0 Å². The first-order chi connectivity index (χ1) is 19.4. The summed E-state index contributed by atoms with van der Waals surface area (Å²) in [6.07, 6.45) is -6.15. The number of aliphatic hydroxyl groups is 4. The SMILES string of the molecule is COc1cc(C)c2c(=O)cc(C[C@@H](C)O)oc2c1[C@H]1O[C@H](CO)[C@@H](O)[C@H](O)[C@H]1OC(=O)/C=C/c1ccc(O)c(O)c1. The van der Waals surface area contributed by atoms with Crippen molar-refractivity contribution in [2.45, 2.75) is 56.9 Å². The Bertz CT molecular complexity index is 1510. The molecular weight excluding hydrogens is 540 g/mol. The van der Waals surface area contributed by atoms with Gasteiger partial charge in [0.05, 0.1) is 30.8 Å². The maximum atomic E-state index is 13.1. The second kappa shape index (κ2) is 12.3. The van der Waals surface area contributed by atoms with Crippen LogP contribution in [0.3, 0.4) is 0 Å². The average molecular weight is 573 g/mol. The molecule has 1 aliphatic rings. The lowest BCUT2D eigenvalue weighted by Gasteiger charge is -2.42. The van der Waals surface area contributed by atoms with Crippen molar-refractivity contribution in [1.29, 1.82) is 0 Å². The minimum absolute atomic E-state index is 0.00596. The lowest BCUT2D eigenvalue weighted by Crippen LogP contribution is -2.56. The molecule has 3 aromatic rings. The Balaban J connectivity index is 1.82. The molecule has 1 saturated heterocycles. The largest absolute Gasteiger partial charge is 0.504 e. The molecule has 0 amide bonds. The number of carbonyl (C=O) groups excluding carboxylic acids is 1. The van der Waals surface area contributed by atoms with Crippen molar-refractivity contribution in [1.82, 2.24) is 0 Å². The number of phenolic OH excluding ortho intramolecular Hbond substituents is 2. The number of hydrogen-bond acceptors (Lipinski definition) is 12. The number of fused-ring (bicyclic) bond motifs is 1. The molecule has 6 atom stereocenters. The van der Waals surface area contributed by atoms with Crippen molar-refractivity contribution < 1.29 is 54.1 Å². The van der Waals surface area contributed by atoms with Gasteiger partial charge in [-0.15, -0.1) is 0 Å². The highest BCUT2D eigenvalue weighted by Crippen LogP contribution is 2.43. The second-order valence-electron chi connectivity index (χ2n) is 9.89. The summed E-state index contributed by atoms with van der Waals surface area (Å²) in [5.41, 5.74) is 0.542. The Morgan fingerprint density at radius 1 is 1.12 bits per heavy atom. The van der Waals surface area contributed by atoms with Gasteiger partial charge in [-0.2, -0.15) is 0 Å². The third-order valence-electron chi connectivity index (χ3n) is 6.78. The number of hydrogen-bond donors (Lipinski definition) is 6. The fourth-order valence-corrected chi connectivity index (χ4v) is 4.83. The molecule has 0 saturated carbocycles. The molecule has 1 aliphatic heterocycles. The van der Waals surface area contributed by atoms with E-state index in [0.29, 0.717) is 11.1 Å². The predicted octanol–water partition coefficient (Wildman–Crippen LogP) is 1.22. The minimum Gasteiger partial charge on any atom is -0.504 e. The molecule has 0 aliphatic carbocycles. The average Bonchev–Trinajstić information content (AvgIpc) is 2.91. The number of aliphatic hydroxyl groups excluding tert-OH is 4. The number of ether oxygens (including phenoxy) is 3. The number of rotatable bonds is 8. The standard InChI is InChI=1S/C29H32O12/c1-13-8-20(38-3)24(27-23(13)19(34)11-16(39-27)9-14(2)31)28-29(26(37)25(36)21(12-30)40-28)41-22(35)7-5-15-4-6-17(32)18(33)10-15/h4-8,10-11,14,21,25-26,28-33,36-37H,9,12H2,1-3H3/b7-5+/t14-,21-,25-,26+,28-,29-/m1/s1. The highest BCUT2D eigenvalue weighted by atomic mass is 16.6. The normalized spacial score (nSPS) is 23.5. The lowest BCUT2D eigenvalue weighted by molar-refractivity contribution is -0.239. The number of carbonyl (C=O) groups is 1. The van der Waals surface area contributed by atoms with Crippen molar-refractivity contribution in [3.05, 3.63) is 69.1 Å². The summed E-state index contributed by atoms with van der Waals surface area (Å²) in [5.74, 6) is -1.38. The van der Waals surface area contributed by atoms with E-state index in [1.54, 1.807) is 13.0 Å². The van der Waals surface area contributed by atoms with Crippen molar-refractivity contribution >= 4 is 23.0 Å². The molecule has 12 nitrogen and oxygen atoms in total. The number of phenols is 2. The Kier molecular flexibility index (Phi) is 9.00. The first kappa shape index (κ1) is 30.0. The van der Waals surface area contributed by atoms with Crippen LogP contribution < -0.4 is 10.2 Å². The molecule has 1 fully saturated rings. The van der Waals surface area contributed by atoms with E-state index in [2.05, 4.69) is 0 Å². The Labute approximate surface area is 234 Å². The molecule has 0 bridgehead atoms. The minimum atomic E-state index is -1.74. The van der Waals surface area contributed by atoms with E-state index in [4.69, 9.17) is 18.6 Å². The van der Waals surface area contributed by atoms with Crippen molar-refractivity contribution in [2.75, 3.05) is 13.7 Å². The lowest BCUT2D eigenvalue weighted by atomic mass is 9.89. The zero-order valence-electron chi connectivity index (χ0n) is 22.6. The first-order valence-corrected chi connectivity index (χ1v) is 12.8. The molecule has 0 unspecified atom stereocenters. The van der Waals surface area contributed by atoms with Crippen LogP contribution in [0.15, 0.2) is 45.6 Å². The van der Waals surface area contributed by atoms with Gasteiger partial charge < -0.3 is 49.3 Å². The Hall–Kier alpha value is -3.94. The molecule has 12 heteroatoms. The molecule has 0 radical (unpaired) electrons. The van der Waals surface area contributed by atoms with E-state index < -0.39 is 60.4 Å². The predicted molar refractivity (Wildman–Crippen MR) is 145 cm³/mol. The molecule has 220 valence electrons. The molecule has 4 rings (SSSR count). The van der Waals surface area contributed by atoms with Crippen molar-refractivity contribution in [2.24, 2.45) is 0 Å². The number of methoxy groups -OCH3 is 1. The molecule has 41 heavy (non-hydrogen) atoms. The zero-order valence-corrected chi connectivity index (χ0v) is 22.6. The van der Waals surface area contributed by atoms with Crippen LogP contribution in [0.2, 0.25) is 0 Å². The number of aromatic hydroxyl groups is 2. The van der Waals surface area contributed by atoms with Crippen LogP contribution in [0.25, 0.3) is 17.0 Å². The molecule has 2 heterocycles. The maximum Gasteiger partial charge on any atom is 0.331 e. The van der Waals surface area contributed by atoms with Crippen LogP contribution >= 0.6 is 0 Å². The van der Waals surface area contributed by atoms with E-state index in [0.717, 1.165) is 6.08 Å². The summed E-state index contributed by atoms with van der Waals surface area (Å²) in [6.45, 7) is 2.50. The summed E-state index contributed by atoms with van der Waals surface area (Å²) < 4.78 is 23.1. The summed E-state index contributed by atoms with van der Waals surface area (Å²) in [4.78, 5) is 26.0. The van der Waals surface area contributed by atoms with Gasteiger partial charge in [-0.25, -0.2) is 4.79 Å². The fourth-order valence-electron chi connectivity index (χ4n) is 4.83. The number of aryl methyl sites for hydroxylation is 1. The first-order valence-electron chi connectivity index (χ1n) is 12.8. The Morgan fingerprint density at radius 3 is 2.49 bits per heavy atom. The van der Waals surface area contributed by atoms with Crippen molar-refractivity contribution in [3.8, 4) is 17.2 Å². The van der Waals surface area contributed by atoms with Gasteiger partial charge >= 0.3 is 5.97 Å². The van der Waals surface area contributed by atoms with E-state index in [9.17, 15) is 40.2 Å². The molecule has 0 spiro atoms. The number of benzene rings is 2. The van der Waals surface area contributed by atoms with Gasteiger partial charge in [0.15, 0.2) is 23.0 Å². The summed E-state index contributed by atoms with van der Waals surface area (Å²) in [5, 5.41) is 60.7. The van der Waals surface area contributed by atoms with Gasteiger partial charge in [0, 0.05) is 18.6 Å². The smallest absolute Gasteiger partial charge is 0.331 e. The maximum absolute atomic E-state index is 13.1. The zero-order chi connectivity index (χ0) is 30.0. The summed E-state index contributed by atoms with van der Waals surface area (Å²) in [6, 6.07) is 6.69. The quantitative estimate of drug-likeness (QED) is 0.128. The molecule has 2 aromatic carbocycles. The van der Waals surface area contributed by atoms with Gasteiger partial charge in [0.1, 0.15) is 41.5 Å². The highest BCUT2D eigenvalue weighted by molar-refractivity contribution is 5.88. The second-order valence-corrected chi connectivity index (χ2v) is 9.89. The van der Waals surface area contributed by atoms with Crippen LogP contribution in [0.1, 0.15) is 35.5 Å². The molecule has 6 N–H and O–H groups in total. The van der Waals surface area contributed by atoms with Crippen LogP contribution in [0.5, 0.6) is 17.2 Å². The van der Waals surface area contributed by atoms with Gasteiger partial charge in [0.25, 0.3) is 0 Å². The van der Waals surface area contributed by atoms with E-state index in [1.165, 1.54) is 44.4 Å². The molecular formula is C29H32O12. The van der Waals surface area contributed by atoms with E-state index in [-0.39, 0.29) is 40.2 Å². The Morgan fingerprint density at radius 2 is 1.85 bits per heavy atom. The summed E-state index contributed by atoms with van der Waals surface area (Å²) in [7, 11) is 1.36. The van der Waals surface area contributed by atoms with Gasteiger partial charge in [-0.1, -0.05) is 6.07 Å². The topological polar surface area (TPSA) is 196 Å². The van der Waals surface area contributed by atoms with Crippen LogP contribution in [0.4, 0.5) is 0 Å². The fraction of sp³-hybridized carbons (Fsp3) is 0.379. The van der Waals surface area contributed by atoms with Gasteiger partial charge in [-0.05, 0) is 49.2 Å².